The maximum Gasteiger partial charge on any atom is 0.264 e. The molecular weight excluding hydrogens is 474 g/mol. The number of rotatable bonds is 11. The minimum atomic E-state index is -4.02. The lowest BCUT2D eigenvalue weighted by Gasteiger charge is -2.22. The molecule has 0 radical (unpaired) electrons. The maximum atomic E-state index is 13.1. The number of nitrogens with one attached hydrogen (secondary N) is 1. The summed E-state index contributed by atoms with van der Waals surface area (Å²) in [6.45, 7) is 10.1. The Bertz CT molecular complexity index is 1270. The van der Waals surface area contributed by atoms with Crippen LogP contribution in [-0.4, -0.2) is 36.5 Å². The van der Waals surface area contributed by atoms with Crippen molar-refractivity contribution in [3.8, 4) is 11.1 Å². The molecule has 0 atom stereocenters. The molecule has 36 heavy (non-hydrogen) atoms. The van der Waals surface area contributed by atoms with Gasteiger partial charge in [0.25, 0.3) is 15.9 Å². The van der Waals surface area contributed by atoms with E-state index in [-0.39, 0.29) is 17.2 Å². The summed E-state index contributed by atoms with van der Waals surface area (Å²) >= 11 is 0. The third kappa shape index (κ3) is 6.22. The molecule has 2 aromatic carbocycles. The van der Waals surface area contributed by atoms with Crippen molar-refractivity contribution in [2.24, 2.45) is 4.99 Å². The molecule has 7 nitrogen and oxygen atoms in total. The van der Waals surface area contributed by atoms with E-state index >= 15 is 0 Å². The zero-order chi connectivity index (χ0) is 26.5. The molecule has 0 aromatic heterocycles. The van der Waals surface area contributed by atoms with Crippen molar-refractivity contribution < 1.29 is 18.0 Å². The summed E-state index contributed by atoms with van der Waals surface area (Å²) in [6, 6.07) is 12.4. The molecule has 0 bridgehead atoms. The quantitative estimate of drug-likeness (QED) is 0.411. The third-order valence-corrected chi connectivity index (χ3v) is 7.81. The maximum absolute atomic E-state index is 13.1. The molecule has 0 unspecified atom stereocenters. The second-order valence-electron chi connectivity index (χ2n) is 9.85. The smallest absolute Gasteiger partial charge is 0.264 e. The molecule has 1 N–H and O–H groups in total. The highest BCUT2D eigenvalue weighted by molar-refractivity contribution is 7.90. The van der Waals surface area contributed by atoms with E-state index in [2.05, 4.69) is 16.6 Å². The number of unbranched alkanes of at least 4 members (excludes halogenated alkanes) is 2. The lowest BCUT2D eigenvalue weighted by molar-refractivity contribution is -0.130. The monoisotopic (exact) mass is 511 g/mol. The SMILES string of the molecule is CCCCCC(=O)NS(=O)(=O)c1ccccc1-c1ccc(CN2C(=O)C(C)(C)N=C2CCC)c(C)c1. The van der Waals surface area contributed by atoms with Crippen LogP contribution in [-0.2, 0) is 26.2 Å². The normalized spacial score (nSPS) is 15.2. The lowest BCUT2D eigenvalue weighted by Crippen LogP contribution is -2.38. The first-order valence-corrected chi connectivity index (χ1v) is 14.1. The predicted molar refractivity (Wildman–Crippen MR) is 143 cm³/mol. The van der Waals surface area contributed by atoms with E-state index in [1.807, 2.05) is 45.9 Å². The Morgan fingerprint density at radius 2 is 1.78 bits per heavy atom. The molecule has 194 valence electrons. The largest absolute Gasteiger partial charge is 0.294 e. The number of benzene rings is 2. The number of carbonyl (C=O) groups is 2. The van der Waals surface area contributed by atoms with Crippen molar-refractivity contribution in [2.75, 3.05) is 0 Å². The molecule has 0 spiro atoms. The van der Waals surface area contributed by atoms with Crippen LogP contribution in [0.15, 0.2) is 52.4 Å². The van der Waals surface area contributed by atoms with Crippen LogP contribution < -0.4 is 4.72 Å². The van der Waals surface area contributed by atoms with Crippen molar-refractivity contribution >= 4 is 27.7 Å². The van der Waals surface area contributed by atoms with Gasteiger partial charge < -0.3 is 0 Å². The van der Waals surface area contributed by atoms with E-state index in [4.69, 9.17) is 0 Å². The van der Waals surface area contributed by atoms with Crippen molar-refractivity contribution in [1.29, 1.82) is 0 Å². The Morgan fingerprint density at radius 1 is 1.06 bits per heavy atom. The first-order chi connectivity index (χ1) is 17.0. The van der Waals surface area contributed by atoms with Gasteiger partial charge in [0.2, 0.25) is 5.91 Å². The first-order valence-electron chi connectivity index (χ1n) is 12.7. The molecule has 8 heteroatoms. The Labute approximate surface area is 215 Å². The van der Waals surface area contributed by atoms with Crippen LogP contribution in [0.1, 0.15) is 77.3 Å². The van der Waals surface area contributed by atoms with E-state index in [1.54, 1.807) is 23.1 Å². The molecule has 1 aliphatic rings. The fourth-order valence-corrected chi connectivity index (χ4v) is 5.64. The van der Waals surface area contributed by atoms with Crippen LogP contribution in [0.3, 0.4) is 0 Å². The minimum Gasteiger partial charge on any atom is -0.294 e. The summed E-state index contributed by atoms with van der Waals surface area (Å²) in [5.41, 5.74) is 2.40. The van der Waals surface area contributed by atoms with Gasteiger partial charge in [0.15, 0.2) is 0 Å². The second kappa shape index (κ2) is 11.4. The number of sulfonamides is 1. The number of carbonyl (C=O) groups excluding carboxylic acids is 2. The Kier molecular flexibility index (Phi) is 8.71. The fourth-order valence-electron chi connectivity index (χ4n) is 4.40. The number of hydrogen-bond acceptors (Lipinski definition) is 5. The molecule has 0 aliphatic carbocycles. The van der Waals surface area contributed by atoms with Crippen LogP contribution >= 0.6 is 0 Å². The highest BCUT2D eigenvalue weighted by atomic mass is 32.2. The molecule has 0 saturated heterocycles. The average Bonchev–Trinajstić information content (AvgIpc) is 3.03. The van der Waals surface area contributed by atoms with Gasteiger partial charge in [-0.1, -0.05) is 63.1 Å². The Morgan fingerprint density at radius 3 is 2.44 bits per heavy atom. The standard InChI is InChI=1S/C28H37N3O4S/c1-6-8-9-15-26(32)30-36(34,35)24-14-11-10-13-23(24)21-16-17-22(20(3)18-21)19-31-25(12-7-2)29-28(4,5)27(31)33/h10-11,13-14,16-18H,6-9,12,15,19H2,1-5H3,(H,30,32). The number of nitrogens with zero attached hydrogens (tertiary/aromatic N) is 2. The van der Waals surface area contributed by atoms with Crippen LogP contribution in [0.25, 0.3) is 11.1 Å². The van der Waals surface area contributed by atoms with Gasteiger partial charge in [0, 0.05) is 18.4 Å². The molecule has 0 saturated carbocycles. The Hall–Kier alpha value is -3.00. The summed E-state index contributed by atoms with van der Waals surface area (Å²) in [4.78, 5) is 31.7. The molecule has 3 rings (SSSR count). The van der Waals surface area contributed by atoms with Gasteiger partial charge in [-0.05, 0) is 56.4 Å². The summed E-state index contributed by atoms with van der Waals surface area (Å²) < 4.78 is 28.3. The summed E-state index contributed by atoms with van der Waals surface area (Å²) in [6.07, 6.45) is 4.30. The van der Waals surface area contributed by atoms with Gasteiger partial charge >= 0.3 is 0 Å². The molecule has 1 heterocycles. The number of aliphatic imine (C=N–C) groups is 1. The van der Waals surface area contributed by atoms with Gasteiger partial charge in [0.05, 0.1) is 11.4 Å². The Balaban J connectivity index is 1.86. The lowest BCUT2D eigenvalue weighted by atomic mass is 9.99. The second-order valence-corrected chi connectivity index (χ2v) is 11.5. The van der Waals surface area contributed by atoms with E-state index in [0.717, 1.165) is 48.2 Å². The number of aryl methyl sites for hydroxylation is 1. The van der Waals surface area contributed by atoms with E-state index < -0.39 is 21.5 Å². The van der Waals surface area contributed by atoms with E-state index in [9.17, 15) is 18.0 Å². The van der Waals surface area contributed by atoms with Crippen molar-refractivity contribution in [2.45, 2.75) is 90.1 Å². The summed E-state index contributed by atoms with van der Waals surface area (Å²) in [5, 5.41) is 0. The van der Waals surface area contributed by atoms with Crippen LogP contribution in [0.4, 0.5) is 0 Å². The van der Waals surface area contributed by atoms with E-state index in [1.165, 1.54) is 6.07 Å². The van der Waals surface area contributed by atoms with Crippen molar-refractivity contribution in [3.63, 3.8) is 0 Å². The van der Waals surface area contributed by atoms with Gasteiger partial charge in [-0.25, -0.2) is 13.1 Å². The highest BCUT2D eigenvalue weighted by Crippen LogP contribution is 2.31. The molecule has 0 fully saturated rings. The molecule has 2 aromatic rings. The predicted octanol–water partition coefficient (Wildman–Crippen LogP) is 5.37. The molecule has 1 aliphatic heterocycles. The number of hydrogen-bond donors (Lipinski definition) is 1. The van der Waals surface area contributed by atoms with Crippen LogP contribution in [0.2, 0.25) is 0 Å². The first kappa shape index (κ1) is 27.6. The van der Waals surface area contributed by atoms with Crippen LogP contribution in [0.5, 0.6) is 0 Å². The fraction of sp³-hybridized carbons (Fsp3) is 0.464. The summed E-state index contributed by atoms with van der Waals surface area (Å²) in [7, 11) is -4.02. The average molecular weight is 512 g/mol. The van der Waals surface area contributed by atoms with Gasteiger partial charge in [-0.15, -0.1) is 0 Å². The highest BCUT2D eigenvalue weighted by Gasteiger charge is 2.40. The number of amidine groups is 1. The van der Waals surface area contributed by atoms with Crippen molar-refractivity contribution in [1.82, 2.24) is 9.62 Å². The van der Waals surface area contributed by atoms with Gasteiger partial charge in [-0.2, -0.15) is 0 Å². The molecule has 2 amide bonds. The van der Waals surface area contributed by atoms with E-state index in [0.29, 0.717) is 18.5 Å². The molecular formula is C28H37N3O4S. The summed E-state index contributed by atoms with van der Waals surface area (Å²) in [5.74, 6) is 0.301. The van der Waals surface area contributed by atoms with Crippen molar-refractivity contribution in [3.05, 3.63) is 53.6 Å². The van der Waals surface area contributed by atoms with Gasteiger partial charge in [0.1, 0.15) is 11.4 Å². The zero-order valence-electron chi connectivity index (χ0n) is 21.9. The van der Waals surface area contributed by atoms with Crippen LogP contribution in [0, 0.1) is 6.92 Å². The minimum absolute atomic E-state index is 0.0134. The third-order valence-electron chi connectivity index (χ3n) is 6.38. The number of amides is 2. The van der Waals surface area contributed by atoms with Gasteiger partial charge in [-0.3, -0.25) is 19.5 Å². The zero-order valence-corrected chi connectivity index (χ0v) is 22.7. The topological polar surface area (TPSA) is 95.9 Å².